The third-order valence-corrected chi connectivity index (χ3v) is 5.19. The average molecular weight is 368 g/mol. The van der Waals surface area contributed by atoms with E-state index < -0.39 is 0 Å². The van der Waals surface area contributed by atoms with Gasteiger partial charge in [0.05, 0.1) is 10.7 Å². The number of halogens is 1. The van der Waals surface area contributed by atoms with E-state index in [2.05, 4.69) is 27.7 Å². The molecule has 1 N–H and O–H groups in total. The first-order valence-electron chi connectivity index (χ1n) is 7.85. The number of rotatable bonds is 4. The van der Waals surface area contributed by atoms with Crippen LogP contribution >= 0.6 is 36.0 Å². The molecule has 124 valence electrons. The summed E-state index contributed by atoms with van der Waals surface area (Å²) in [5.41, 5.74) is 2.25. The van der Waals surface area contributed by atoms with Gasteiger partial charge >= 0.3 is 0 Å². The van der Waals surface area contributed by atoms with Crippen LogP contribution in [0.2, 0.25) is 0 Å². The number of thiocarbonyl (C=S) groups is 1. The van der Waals surface area contributed by atoms with E-state index in [1.165, 1.54) is 24.8 Å². The van der Waals surface area contributed by atoms with Crippen molar-refractivity contribution >= 4 is 41.1 Å². The Kier molecular flexibility index (Phi) is 7.27. The van der Waals surface area contributed by atoms with Gasteiger partial charge in [-0.05, 0) is 31.5 Å². The van der Waals surface area contributed by atoms with Crippen molar-refractivity contribution < 1.29 is 0 Å². The summed E-state index contributed by atoms with van der Waals surface area (Å²) in [7, 11) is 0. The van der Waals surface area contributed by atoms with E-state index >= 15 is 0 Å². The zero-order chi connectivity index (χ0) is 15.2. The number of hydrogen-bond donors (Lipinski definition) is 1. The molecule has 0 unspecified atom stereocenters. The molecule has 0 radical (unpaired) electrons. The summed E-state index contributed by atoms with van der Waals surface area (Å²) in [6.45, 7) is 3.06. The van der Waals surface area contributed by atoms with E-state index in [0.717, 1.165) is 41.9 Å². The maximum Gasteiger partial charge on any atom is 0.168 e. The van der Waals surface area contributed by atoms with E-state index in [-0.39, 0.29) is 12.4 Å². The first-order valence-corrected chi connectivity index (χ1v) is 9.14. The van der Waals surface area contributed by atoms with Crippen molar-refractivity contribution in [1.29, 1.82) is 0 Å². The number of aromatic nitrogens is 1. The van der Waals surface area contributed by atoms with E-state index in [4.69, 9.17) is 17.2 Å². The number of likely N-dealkylation sites (tertiary alicyclic amines) is 1. The van der Waals surface area contributed by atoms with Gasteiger partial charge in [0.15, 0.2) is 5.11 Å². The highest BCUT2D eigenvalue weighted by atomic mass is 35.5. The zero-order valence-corrected chi connectivity index (χ0v) is 15.5. The minimum Gasteiger partial charge on any atom is -0.362 e. The Morgan fingerprint density at radius 3 is 2.65 bits per heavy atom. The first kappa shape index (κ1) is 18.2. The van der Waals surface area contributed by atoms with Crippen LogP contribution in [-0.2, 0) is 6.42 Å². The Bertz CT molecular complexity index is 609. The van der Waals surface area contributed by atoms with Gasteiger partial charge in [-0.25, -0.2) is 4.98 Å². The first-order chi connectivity index (χ1) is 10.8. The highest BCUT2D eigenvalue weighted by Crippen LogP contribution is 2.21. The van der Waals surface area contributed by atoms with E-state index in [0.29, 0.717) is 0 Å². The van der Waals surface area contributed by atoms with Gasteiger partial charge in [-0.3, -0.25) is 0 Å². The predicted molar refractivity (Wildman–Crippen MR) is 105 cm³/mol. The summed E-state index contributed by atoms with van der Waals surface area (Å²) < 4.78 is 0. The number of nitrogens with one attached hydrogen (secondary N) is 1. The molecular weight excluding hydrogens is 346 g/mol. The molecule has 1 aliphatic rings. The fourth-order valence-corrected chi connectivity index (χ4v) is 3.74. The van der Waals surface area contributed by atoms with Gasteiger partial charge in [0.1, 0.15) is 0 Å². The van der Waals surface area contributed by atoms with Crippen LogP contribution in [0.3, 0.4) is 0 Å². The molecule has 1 aromatic heterocycles. The van der Waals surface area contributed by atoms with Crippen LogP contribution in [0, 0.1) is 0 Å². The Balaban J connectivity index is 0.00000192. The normalized spacial score (nSPS) is 14.2. The molecule has 3 nitrogen and oxygen atoms in total. The molecule has 23 heavy (non-hydrogen) atoms. The highest BCUT2D eigenvalue weighted by Gasteiger charge is 2.12. The van der Waals surface area contributed by atoms with Crippen LogP contribution < -0.4 is 5.32 Å². The molecule has 1 aliphatic heterocycles. The summed E-state index contributed by atoms with van der Waals surface area (Å²) in [5, 5.41) is 7.57. The lowest BCUT2D eigenvalue weighted by Crippen LogP contribution is -2.43. The summed E-state index contributed by atoms with van der Waals surface area (Å²) in [6, 6.07) is 10.3. The number of nitrogens with zero attached hydrogens (tertiary/aromatic N) is 2. The lowest BCUT2D eigenvalue weighted by molar-refractivity contribution is 0.338. The van der Waals surface area contributed by atoms with E-state index in [1.807, 2.05) is 18.2 Å². The van der Waals surface area contributed by atoms with Crippen molar-refractivity contribution in [3.05, 3.63) is 40.7 Å². The molecule has 0 saturated carbocycles. The Morgan fingerprint density at radius 1 is 1.17 bits per heavy atom. The van der Waals surface area contributed by atoms with Crippen LogP contribution in [0.1, 0.15) is 24.3 Å². The largest absolute Gasteiger partial charge is 0.362 e. The van der Waals surface area contributed by atoms with Crippen LogP contribution in [-0.4, -0.2) is 34.6 Å². The van der Waals surface area contributed by atoms with Gasteiger partial charge in [-0.2, -0.15) is 0 Å². The second-order valence-electron chi connectivity index (χ2n) is 5.52. The molecule has 1 aromatic carbocycles. The third-order valence-electron chi connectivity index (χ3n) is 3.88. The number of piperidine rings is 1. The second-order valence-corrected chi connectivity index (χ2v) is 6.85. The van der Waals surface area contributed by atoms with E-state index in [9.17, 15) is 0 Å². The zero-order valence-electron chi connectivity index (χ0n) is 13.0. The molecule has 0 bridgehead atoms. The molecule has 0 atom stereocenters. The Hall–Kier alpha value is -1.17. The molecule has 0 amide bonds. The van der Waals surface area contributed by atoms with Crippen LogP contribution in [0.4, 0.5) is 0 Å². The smallest absolute Gasteiger partial charge is 0.168 e. The molecule has 0 aliphatic carbocycles. The van der Waals surface area contributed by atoms with Gasteiger partial charge in [0, 0.05) is 37.0 Å². The summed E-state index contributed by atoms with van der Waals surface area (Å²) in [6.07, 6.45) is 4.77. The van der Waals surface area contributed by atoms with Crippen LogP contribution in [0.25, 0.3) is 11.3 Å². The second kappa shape index (κ2) is 9.21. The van der Waals surface area contributed by atoms with Crippen LogP contribution in [0.15, 0.2) is 35.7 Å². The summed E-state index contributed by atoms with van der Waals surface area (Å²) in [4.78, 5) is 7.00. The van der Waals surface area contributed by atoms with Crippen LogP contribution in [0.5, 0.6) is 0 Å². The monoisotopic (exact) mass is 367 g/mol. The number of thiazole rings is 1. The molecule has 2 heterocycles. The topological polar surface area (TPSA) is 28.2 Å². The van der Waals surface area contributed by atoms with Crippen molar-refractivity contribution in [2.75, 3.05) is 19.6 Å². The molecule has 1 saturated heterocycles. The quantitative estimate of drug-likeness (QED) is 0.822. The predicted octanol–water partition coefficient (Wildman–Crippen LogP) is 4.13. The molecule has 0 spiro atoms. The average Bonchev–Trinajstić information content (AvgIpc) is 3.05. The number of benzene rings is 1. The molecular formula is C17H22ClN3S2. The third kappa shape index (κ3) is 5.16. The molecule has 1 fully saturated rings. The lowest BCUT2D eigenvalue weighted by Gasteiger charge is -2.29. The van der Waals surface area contributed by atoms with Gasteiger partial charge in [0.2, 0.25) is 0 Å². The highest BCUT2D eigenvalue weighted by molar-refractivity contribution is 7.80. The Morgan fingerprint density at radius 2 is 1.91 bits per heavy atom. The van der Waals surface area contributed by atoms with Crippen molar-refractivity contribution in [3.63, 3.8) is 0 Å². The summed E-state index contributed by atoms with van der Waals surface area (Å²) in [5.74, 6) is 0. The van der Waals surface area contributed by atoms with Gasteiger partial charge in [-0.1, -0.05) is 30.3 Å². The van der Waals surface area contributed by atoms with E-state index in [1.54, 1.807) is 11.3 Å². The molecule has 6 heteroatoms. The minimum absolute atomic E-state index is 0. The lowest BCUT2D eigenvalue weighted by atomic mass is 10.1. The van der Waals surface area contributed by atoms with Gasteiger partial charge in [0.25, 0.3) is 0 Å². The maximum atomic E-state index is 5.47. The molecule has 2 aromatic rings. The van der Waals surface area contributed by atoms with Crippen molar-refractivity contribution in [2.45, 2.75) is 25.7 Å². The fraction of sp³-hybridized carbons (Fsp3) is 0.412. The fourth-order valence-electron chi connectivity index (χ4n) is 2.65. The minimum atomic E-state index is 0. The van der Waals surface area contributed by atoms with Crippen molar-refractivity contribution in [1.82, 2.24) is 15.2 Å². The molecule has 3 rings (SSSR count). The number of hydrogen-bond acceptors (Lipinski definition) is 3. The van der Waals surface area contributed by atoms with Crippen molar-refractivity contribution in [3.8, 4) is 11.3 Å². The Labute approximate surface area is 153 Å². The van der Waals surface area contributed by atoms with Gasteiger partial charge < -0.3 is 10.2 Å². The van der Waals surface area contributed by atoms with Crippen molar-refractivity contribution in [2.24, 2.45) is 0 Å². The van der Waals surface area contributed by atoms with Gasteiger partial charge in [-0.15, -0.1) is 23.7 Å². The maximum absolute atomic E-state index is 5.47. The SMILES string of the molecule is Cl.S=C(NCCc1nc(-c2ccccc2)cs1)N1CCCCC1. The summed E-state index contributed by atoms with van der Waals surface area (Å²) >= 11 is 7.19. The standard InChI is InChI=1S/C17H21N3S2.ClH/c21-17(20-11-5-2-6-12-20)18-10-9-16-19-15(13-22-16)14-7-3-1-4-8-14;/h1,3-4,7-8,13H,2,5-6,9-12H2,(H,18,21);1H.